The maximum Gasteiger partial charge on any atom is 0.323 e. The van der Waals surface area contributed by atoms with E-state index in [4.69, 9.17) is 4.74 Å². The zero-order valence-corrected chi connectivity index (χ0v) is 12.9. The van der Waals surface area contributed by atoms with Crippen LogP contribution in [-0.2, 0) is 4.74 Å². The summed E-state index contributed by atoms with van der Waals surface area (Å²) in [5, 5.41) is 2.80. The van der Waals surface area contributed by atoms with E-state index in [2.05, 4.69) is 15.3 Å². The van der Waals surface area contributed by atoms with Crippen molar-refractivity contribution in [1.82, 2.24) is 14.9 Å². The molecule has 0 radical (unpaired) electrons. The van der Waals surface area contributed by atoms with Gasteiger partial charge in [-0.15, -0.1) is 0 Å². The number of carbonyl (C=O) groups is 1. The Morgan fingerprint density at radius 1 is 1.27 bits per heavy atom. The minimum absolute atomic E-state index is 0.0899. The van der Waals surface area contributed by atoms with Crippen LogP contribution in [0.3, 0.4) is 0 Å². The van der Waals surface area contributed by atoms with Gasteiger partial charge < -0.3 is 9.64 Å². The third-order valence-corrected chi connectivity index (χ3v) is 4.59. The lowest BCUT2D eigenvalue weighted by Crippen LogP contribution is -2.43. The average Bonchev–Trinajstić information content (AvgIpc) is 3.08. The van der Waals surface area contributed by atoms with Gasteiger partial charge in [0, 0.05) is 25.9 Å². The van der Waals surface area contributed by atoms with Crippen LogP contribution in [0.2, 0.25) is 0 Å². The minimum atomic E-state index is -0.0899. The SMILES string of the molecule is O=C(Nc1ccncn1)N1CCC(OCC2CCCC2)CC1. The second-order valence-corrected chi connectivity index (χ2v) is 6.19. The van der Waals surface area contributed by atoms with Gasteiger partial charge in [0.1, 0.15) is 12.1 Å². The highest BCUT2D eigenvalue weighted by atomic mass is 16.5. The Morgan fingerprint density at radius 2 is 2.05 bits per heavy atom. The molecule has 2 amide bonds. The number of carbonyl (C=O) groups excluding carboxylic acids is 1. The second kappa shape index (κ2) is 7.54. The number of aromatic nitrogens is 2. The number of piperidine rings is 1. The first-order valence-corrected chi connectivity index (χ1v) is 8.25. The smallest absolute Gasteiger partial charge is 0.323 e. The van der Waals surface area contributed by atoms with Crippen LogP contribution in [0.15, 0.2) is 18.6 Å². The highest BCUT2D eigenvalue weighted by molar-refractivity contribution is 5.88. The number of anilines is 1. The molecule has 0 unspecified atom stereocenters. The topological polar surface area (TPSA) is 67.4 Å². The standard InChI is InChI=1S/C16H24N4O2/c21-16(19-15-5-8-17-12-18-15)20-9-6-14(7-10-20)22-11-13-3-1-2-4-13/h5,8,12-14H,1-4,6-7,9-11H2,(H,17,18,19,21). The summed E-state index contributed by atoms with van der Waals surface area (Å²) in [4.78, 5) is 21.8. The molecular formula is C16H24N4O2. The van der Waals surface area contributed by atoms with Crippen LogP contribution < -0.4 is 5.32 Å². The van der Waals surface area contributed by atoms with E-state index in [-0.39, 0.29) is 6.03 Å². The first-order chi connectivity index (χ1) is 10.8. The molecule has 0 aromatic carbocycles. The normalized spacial score (nSPS) is 20.3. The fraction of sp³-hybridized carbons (Fsp3) is 0.688. The molecule has 6 heteroatoms. The summed E-state index contributed by atoms with van der Waals surface area (Å²) in [5.41, 5.74) is 0. The monoisotopic (exact) mass is 304 g/mol. The van der Waals surface area contributed by atoms with Gasteiger partial charge in [0.25, 0.3) is 0 Å². The number of rotatable bonds is 4. The number of hydrogen-bond acceptors (Lipinski definition) is 4. The molecule has 2 fully saturated rings. The van der Waals surface area contributed by atoms with Gasteiger partial charge in [-0.1, -0.05) is 12.8 Å². The first-order valence-electron chi connectivity index (χ1n) is 8.25. The van der Waals surface area contributed by atoms with Gasteiger partial charge >= 0.3 is 6.03 Å². The van der Waals surface area contributed by atoms with Crippen LogP contribution in [0.5, 0.6) is 0 Å². The maximum atomic E-state index is 12.2. The molecule has 1 aliphatic heterocycles. The van der Waals surface area contributed by atoms with Gasteiger partial charge in [-0.05, 0) is 37.7 Å². The number of hydrogen-bond donors (Lipinski definition) is 1. The quantitative estimate of drug-likeness (QED) is 0.928. The summed E-state index contributed by atoms with van der Waals surface area (Å²) in [7, 11) is 0. The van der Waals surface area contributed by atoms with E-state index in [1.54, 1.807) is 12.3 Å². The molecule has 1 aromatic heterocycles. The molecule has 1 aliphatic carbocycles. The van der Waals surface area contributed by atoms with E-state index in [1.807, 2.05) is 4.90 Å². The highest BCUT2D eigenvalue weighted by Crippen LogP contribution is 2.26. The van der Waals surface area contributed by atoms with Gasteiger partial charge in [-0.25, -0.2) is 14.8 Å². The van der Waals surface area contributed by atoms with Crippen LogP contribution in [0.1, 0.15) is 38.5 Å². The fourth-order valence-corrected chi connectivity index (χ4v) is 3.23. The van der Waals surface area contributed by atoms with Crippen LogP contribution in [0.4, 0.5) is 10.6 Å². The van der Waals surface area contributed by atoms with Crippen LogP contribution >= 0.6 is 0 Å². The molecule has 120 valence electrons. The third-order valence-electron chi connectivity index (χ3n) is 4.59. The number of nitrogens with zero attached hydrogens (tertiary/aromatic N) is 3. The summed E-state index contributed by atoms with van der Waals surface area (Å²) in [6, 6.07) is 1.60. The molecule has 1 saturated carbocycles. The average molecular weight is 304 g/mol. The lowest BCUT2D eigenvalue weighted by molar-refractivity contribution is -0.00115. The van der Waals surface area contributed by atoms with Crippen molar-refractivity contribution in [2.24, 2.45) is 5.92 Å². The predicted octanol–water partition coefficient (Wildman–Crippen LogP) is 2.68. The predicted molar refractivity (Wildman–Crippen MR) is 83.6 cm³/mol. The summed E-state index contributed by atoms with van der Waals surface area (Å²) >= 11 is 0. The summed E-state index contributed by atoms with van der Waals surface area (Å²) in [6.45, 7) is 2.39. The summed E-state index contributed by atoms with van der Waals surface area (Å²) < 4.78 is 6.03. The van der Waals surface area contributed by atoms with E-state index in [1.165, 1.54) is 32.0 Å². The van der Waals surface area contributed by atoms with Gasteiger partial charge in [0.15, 0.2) is 0 Å². The highest BCUT2D eigenvalue weighted by Gasteiger charge is 2.24. The Labute approximate surface area is 131 Å². The van der Waals surface area contributed by atoms with E-state index < -0.39 is 0 Å². The molecule has 1 N–H and O–H groups in total. The van der Waals surface area contributed by atoms with Crippen LogP contribution in [0.25, 0.3) is 0 Å². The van der Waals surface area contributed by atoms with Crippen molar-refractivity contribution in [3.8, 4) is 0 Å². The molecule has 0 atom stereocenters. The molecule has 1 aromatic rings. The van der Waals surface area contributed by atoms with E-state index in [0.717, 1.165) is 38.5 Å². The Kier molecular flexibility index (Phi) is 5.21. The van der Waals surface area contributed by atoms with Gasteiger partial charge in [0.05, 0.1) is 6.10 Å². The molecule has 1 saturated heterocycles. The Morgan fingerprint density at radius 3 is 2.73 bits per heavy atom. The van der Waals surface area contributed by atoms with Gasteiger partial charge in [-0.2, -0.15) is 0 Å². The van der Waals surface area contributed by atoms with Crippen molar-refractivity contribution in [1.29, 1.82) is 0 Å². The lowest BCUT2D eigenvalue weighted by Gasteiger charge is -2.32. The van der Waals surface area contributed by atoms with Crippen LogP contribution in [-0.4, -0.2) is 46.7 Å². The third kappa shape index (κ3) is 4.16. The number of urea groups is 1. The molecule has 0 bridgehead atoms. The molecule has 2 aliphatic rings. The van der Waals surface area contributed by atoms with Gasteiger partial charge in [0.2, 0.25) is 0 Å². The fourth-order valence-electron chi connectivity index (χ4n) is 3.23. The van der Waals surface area contributed by atoms with E-state index >= 15 is 0 Å². The van der Waals surface area contributed by atoms with Crippen LogP contribution in [0, 0.1) is 5.92 Å². The van der Waals surface area contributed by atoms with Crippen molar-refractivity contribution in [3.05, 3.63) is 18.6 Å². The molecule has 22 heavy (non-hydrogen) atoms. The largest absolute Gasteiger partial charge is 0.378 e. The Hall–Kier alpha value is -1.69. The zero-order valence-electron chi connectivity index (χ0n) is 12.9. The molecule has 3 rings (SSSR count). The van der Waals surface area contributed by atoms with Crippen molar-refractivity contribution in [2.75, 3.05) is 25.0 Å². The Balaban J connectivity index is 1.38. The molecule has 2 heterocycles. The van der Waals surface area contributed by atoms with Crippen molar-refractivity contribution in [3.63, 3.8) is 0 Å². The minimum Gasteiger partial charge on any atom is -0.378 e. The zero-order chi connectivity index (χ0) is 15.2. The van der Waals surface area contributed by atoms with Crippen molar-refractivity contribution in [2.45, 2.75) is 44.6 Å². The number of ether oxygens (including phenoxy) is 1. The number of amides is 2. The van der Waals surface area contributed by atoms with Crippen molar-refractivity contribution >= 4 is 11.8 Å². The lowest BCUT2D eigenvalue weighted by atomic mass is 10.1. The molecule has 6 nitrogen and oxygen atoms in total. The van der Waals surface area contributed by atoms with Gasteiger partial charge in [-0.3, -0.25) is 5.32 Å². The number of likely N-dealkylation sites (tertiary alicyclic amines) is 1. The van der Waals surface area contributed by atoms with E-state index in [0.29, 0.717) is 11.9 Å². The first kappa shape index (κ1) is 15.2. The summed E-state index contributed by atoms with van der Waals surface area (Å²) in [6.07, 6.45) is 10.5. The summed E-state index contributed by atoms with van der Waals surface area (Å²) in [5.74, 6) is 1.30. The maximum absolute atomic E-state index is 12.2. The Bertz CT molecular complexity index is 468. The van der Waals surface area contributed by atoms with E-state index in [9.17, 15) is 4.79 Å². The number of nitrogens with one attached hydrogen (secondary N) is 1. The molecular weight excluding hydrogens is 280 g/mol. The van der Waals surface area contributed by atoms with Crippen molar-refractivity contribution < 1.29 is 9.53 Å². The molecule has 0 spiro atoms. The second-order valence-electron chi connectivity index (χ2n) is 6.19.